The van der Waals surface area contributed by atoms with Gasteiger partial charge in [0.15, 0.2) is 0 Å². The third kappa shape index (κ3) is 8.51. The number of benzene rings is 9. The lowest BCUT2D eigenvalue weighted by atomic mass is 9.82. The summed E-state index contributed by atoms with van der Waals surface area (Å²) in [5.41, 5.74) is 18.5. The number of hydrogen-bond acceptors (Lipinski definition) is 4. The maximum atomic E-state index is 6.93. The number of rotatable bonds is 9. The van der Waals surface area contributed by atoms with Gasteiger partial charge in [-0.2, -0.15) is 0 Å². The van der Waals surface area contributed by atoms with Crippen LogP contribution in [0.3, 0.4) is 0 Å². The maximum Gasteiger partial charge on any atom is 0.137 e. The van der Waals surface area contributed by atoms with Crippen LogP contribution in [0.5, 0.6) is 11.5 Å². The molecule has 0 aliphatic carbocycles. The Bertz CT molecular complexity index is 3810. The lowest BCUT2D eigenvalue weighted by Gasteiger charge is -2.27. The summed E-state index contributed by atoms with van der Waals surface area (Å²) in [6, 6.07) is 80.7. The molecule has 0 unspecified atom stereocenters. The topological polar surface area (TPSA) is 33.5 Å². The van der Waals surface area contributed by atoms with E-state index in [1.807, 2.05) is 0 Å². The Kier molecular flexibility index (Phi) is 11.3. The Labute approximate surface area is 429 Å². The Balaban J connectivity index is 0.938. The van der Waals surface area contributed by atoms with E-state index in [1.54, 1.807) is 0 Å². The van der Waals surface area contributed by atoms with E-state index in [4.69, 9.17) is 9.72 Å². The smallest absolute Gasteiger partial charge is 0.137 e. The molecule has 9 aromatic carbocycles. The van der Waals surface area contributed by atoms with Gasteiger partial charge in [-0.25, -0.2) is 4.98 Å². The van der Waals surface area contributed by atoms with Gasteiger partial charge in [-0.3, -0.25) is 4.57 Å². The fourth-order valence-corrected chi connectivity index (χ4v) is 10.7. The Morgan fingerprint density at radius 1 is 0.411 bits per heavy atom. The zero-order valence-corrected chi connectivity index (χ0v) is 42.3. The number of ether oxygens (including phenoxy) is 1. The number of para-hydroxylation sites is 3. The molecule has 1 aliphatic rings. The molecular formula is C68H58N4O. The first kappa shape index (κ1) is 45.5. The van der Waals surface area contributed by atoms with Crippen molar-refractivity contribution >= 4 is 44.6 Å². The van der Waals surface area contributed by atoms with E-state index < -0.39 is 0 Å². The number of anilines is 4. The van der Waals surface area contributed by atoms with Gasteiger partial charge >= 0.3 is 0 Å². The van der Waals surface area contributed by atoms with Crippen molar-refractivity contribution in [2.75, 3.05) is 16.5 Å². The molecule has 0 atom stereocenters. The lowest BCUT2D eigenvalue weighted by Crippen LogP contribution is -2.25. The van der Waals surface area contributed by atoms with Crippen molar-refractivity contribution in [3.63, 3.8) is 0 Å². The van der Waals surface area contributed by atoms with Gasteiger partial charge < -0.3 is 14.5 Å². The molecule has 5 heteroatoms. The van der Waals surface area contributed by atoms with E-state index in [9.17, 15) is 0 Å². The van der Waals surface area contributed by atoms with E-state index in [0.717, 1.165) is 67.3 Å². The van der Waals surface area contributed by atoms with Gasteiger partial charge in [-0.1, -0.05) is 199 Å². The van der Waals surface area contributed by atoms with Crippen LogP contribution in [0.15, 0.2) is 231 Å². The van der Waals surface area contributed by atoms with Crippen LogP contribution in [0.4, 0.5) is 22.7 Å². The molecule has 11 aromatic rings. The van der Waals surface area contributed by atoms with Gasteiger partial charge in [-0.05, 0) is 104 Å². The van der Waals surface area contributed by atoms with Crippen molar-refractivity contribution in [2.45, 2.75) is 52.4 Å². The van der Waals surface area contributed by atoms with Gasteiger partial charge in [0.2, 0.25) is 0 Å². The first-order chi connectivity index (χ1) is 35.5. The molecule has 12 rings (SSSR count). The van der Waals surface area contributed by atoms with E-state index in [0.29, 0.717) is 6.67 Å². The number of aromatic nitrogens is 2. The zero-order chi connectivity index (χ0) is 49.8. The summed E-state index contributed by atoms with van der Waals surface area (Å²) in [7, 11) is 0. The molecule has 0 saturated carbocycles. The minimum atomic E-state index is -0.139. The van der Waals surface area contributed by atoms with Crippen LogP contribution in [0, 0.1) is 0 Å². The summed E-state index contributed by atoms with van der Waals surface area (Å²) in [6.07, 6.45) is 2.05. The summed E-state index contributed by atoms with van der Waals surface area (Å²) >= 11 is 0. The second-order valence-corrected chi connectivity index (χ2v) is 21.3. The number of hydrogen-bond donors (Lipinski definition) is 0. The van der Waals surface area contributed by atoms with E-state index in [2.05, 4.69) is 287 Å². The predicted octanol–water partition coefficient (Wildman–Crippen LogP) is 18.5. The van der Waals surface area contributed by atoms with Crippen molar-refractivity contribution in [1.82, 2.24) is 9.55 Å². The van der Waals surface area contributed by atoms with Crippen LogP contribution in [-0.4, -0.2) is 16.2 Å². The molecule has 0 spiro atoms. The molecule has 73 heavy (non-hydrogen) atoms. The van der Waals surface area contributed by atoms with Crippen LogP contribution in [-0.2, 0) is 10.8 Å². The van der Waals surface area contributed by atoms with Gasteiger partial charge in [0.05, 0.1) is 28.1 Å². The molecule has 1 aliphatic heterocycles. The summed E-state index contributed by atoms with van der Waals surface area (Å²) in [5, 5.41) is 2.29. The Morgan fingerprint density at radius 2 is 0.986 bits per heavy atom. The Morgan fingerprint density at radius 3 is 1.64 bits per heavy atom. The first-order valence-electron chi connectivity index (χ1n) is 25.4. The standard InChI is InChI=1S/C68H58N4O/c1-67(2,3)51-35-32-49(33-36-51)56-29-19-28-55(47-22-12-8-13-23-47)66(56)71-45-70(62-30-16-17-31-63(62)71)52-26-18-27-53(41-52)73-54-37-38-57-58-40-50(46-20-10-7-11-21-46)34-39-61(58)72(64(57)42-54)65-43-60(68(4,5)6)59(44-69-65)48-24-14-9-15-25-48/h7-44H,45H2,1-6H3. The molecule has 5 nitrogen and oxygen atoms in total. The fourth-order valence-electron chi connectivity index (χ4n) is 10.7. The highest BCUT2D eigenvalue weighted by Gasteiger charge is 2.32. The minimum absolute atomic E-state index is 0.0592. The normalized spacial score (nSPS) is 12.7. The first-order valence-corrected chi connectivity index (χ1v) is 25.4. The number of pyridine rings is 1. The average Bonchev–Trinajstić information content (AvgIpc) is 3.96. The van der Waals surface area contributed by atoms with Crippen molar-refractivity contribution in [3.05, 3.63) is 242 Å². The predicted molar refractivity (Wildman–Crippen MR) is 306 cm³/mol. The van der Waals surface area contributed by atoms with E-state index >= 15 is 0 Å². The summed E-state index contributed by atoms with van der Waals surface area (Å²) in [5.74, 6) is 2.37. The molecule has 0 saturated heterocycles. The van der Waals surface area contributed by atoms with E-state index in [1.165, 1.54) is 50.2 Å². The van der Waals surface area contributed by atoms with Crippen molar-refractivity contribution < 1.29 is 4.74 Å². The van der Waals surface area contributed by atoms with Gasteiger partial charge in [0.25, 0.3) is 0 Å². The molecule has 356 valence electrons. The highest BCUT2D eigenvalue weighted by molar-refractivity contribution is 6.11. The van der Waals surface area contributed by atoms with Crippen LogP contribution in [0.25, 0.3) is 72.1 Å². The van der Waals surface area contributed by atoms with Crippen LogP contribution < -0.4 is 14.5 Å². The molecule has 0 bridgehead atoms. The lowest BCUT2D eigenvalue weighted by molar-refractivity contribution is 0.483. The number of nitrogens with zero attached hydrogens (tertiary/aromatic N) is 4. The monoisotopic (exact) mass is 946 g/mol. The van der Waals surface area contributed by atoms with Crippen molar-refractivity contribution in [1.29, 1.82) is 0 Å². The third-order valence-corrected chi connectivity index (χ3v) is 14.4. The molecule has 0 fully saturated rings. The van der Waals surface area contributed by atoms with Crippen molar-refractivity contribution in [2.24, 2.45) is 0 Å². The Hall–Kier alpha value is -8.67. The number of fused-ring (bicyclic) bond motifs is 4. The average molecular weight is 947 g/mol. The highest BCUT2D eigenvalue weighted by Crippen LogP contribution is 2.51. The minimum Gasteiger partial charge on any atom is -0.457 e. The maximum absolute atomic E-state index is 6.93. The zero-order valence-electron chi connectivity index (χ0n) is 42.3. The second kappa shape index (κ2) is 18.2. The third-order valence-electron chi connectivity index (χ3n) is 14.4. The largest absolute Gasteiger partial charge is 0.457 e. The molecule has 0 amide bonds. The highest BCUT2D eigenvalue weighted by atomic mass is 16.5. The quantitative estimate of drug-likeness (QED) is 0.144. The SMILES string of the molecule is CC(C)(C)c1ccc(-c2cccc(-c3ccccc3)c2N2CN(c3cccc(Oc4ccc5c6cc(-c7ccccc7)ccc6n(-c6cc(C(C)(C)C)c(-c7ccccc7)cn6)c5c4)c3)c3ccccc32)cc1. The fraction of sp³-hybridized carbons (Fsp3) is 0.132. The summed E-state index contributed by atoms with van der Waals surface area (Å²) in [4.78, 5) is 10.1. The van der Waals surface area contributed by atoms with Gasteiger partial charge in [0.1, 0.15) is 24.0 Å². The second-order valence-electron chi connectivity index (χ2n) is 21.3. The van der Waals surface area contributed by atoms with E-state index in [-0.39, 0.29) is 10.8 Å². The summed E-state index contributed by atoms with van der Waals surface area (Å²) < 4.78 is 9.24. The summed E-state index contributed by atoms with van der Waals surface area (Å²) in [6.45, 7) is 14.3. The van der Waals surface area contributed by atoms with Crippen molar-refractivity contribution in [3.8, 4) is 61.8 Å². The molecule has 2 aromatic heterocycles. The van der Waals surface area contributed by atoms with Gasteiger partial charge in [0, 0.05) is 51.5 Å². The van der Waals surface area contributed by atoms with Crippen LogP contribution in [0.1, 0.15) is 52.7 Å². The molecular weight excluding hydrogens is 889 g/mol. The molecule has 3 heterocycles. The molecule has 0 radical (unpaired) electrons. The van der Waals surface area contributed by atoms with Crippen LogP contribution in [0.2, 0.25) is 0 Å². The van der Waals surface area contributed by atoms with Gasteiger partial charge in [-0.15, -0.1) is 0 Å². The molecule has 0 N–H and O–H groups in total. The van der Waals surface area contributed by atoms with Crippen LogP contribution >= 0.6 is 0 Å².